The number of nitrogens with one attached hydrogen (secondary N) is 1. The summed E-state index contributed by atoms with van der Waals surface area (Å²) in [5.41, 5.74) is 3.10. The molecule has 0 unspecified atom stereocenters. The number of anilines is 2. The minimum atomic E-state index is 0.529. The van der Waals surface area contributed by atoms with Crippen LogP contribution in [0.1, 0.15) is 17.1 Å². The molecule has 0 spiro atoms. The monoisotopic (exact) mass is 370 g/mol. The lowest BCUT2D eigenvalue weighted by atomic mass is 10.2. The van der Waals surface area contributed by atoms with Gasteiger partial charge >= 0.3 is 0 Å². The van der Waals surface area contributed by atoms with E-state index in [4.69, 9.17) is 18.7 Å². The lowest BCUT2D eigenvalue weighted by Crippen LogP contribution is -2.01. The molecular weight excluding hydrogens is 348 g/mol. The van der Waals surface area contributed by atoms with Gasteiger partial charge in [-0.25, -0.2) is 9.97 Å². The van der Waals surface area contributed by atoms with Crippen molar-refractivity contribution in [3.8, 4) is 28.6 Å². The number of rotatable bonds is 6. The maximum atomic E-state index is 5.40. The average Bonchev–Trinajstić information content (AvgIpc) is 2.98. The molecule has 0 atom stereocenters. The van der Waals surface area contributed by atoms with Crippen molar-refractivity contribution in [1.82, 2.24) is 15.1 Å². The van der Waals surface area contributed by atoms with E-state index in [0.717, 1.165) is 22.6 Å². The van der Waals surface area contributed by atoms with E-state index in [1.807, 2.05) is 39.0 Å². The zero-order valence-electron chi connectivity index (χ0n) is 16.2. The third-order valence-corrected chi connectivity index (χ3v) is 4.05. The van der Waals surface area contributed by atoms with Crippen molar-refractivity contribution >= 4 is 11.5 Å². The largest absolute Gasteiger partial charge is 0.493 e. The van der Waals surface area contributed by atoms with E-state index in [0.29, 0.717) is 34.7 Å². The Morgan fingerprint density at radius 1 is 0.889 bits per heavy atom. The van der Waals surface area contributed by atoms with Gasteiger partial charge in [0.05, 0.1) is 32.6 Å². The second-order valence-electron chi connectivity index (χ2n) is 5.96. The summed E-state index contributed by atoms with van der Waals surface area (Å²) in [5, 5.41) is 7.25. The van der Waals surface area contributed by atoms with E-state index in [9.17, 15) is 0 Å². The molecule has 0 amide bonds. The van der Waals surface area contributed by atoms with Crippen molar-refractivity contribution in [3.05, 3.63) is 35.3 Å². The van der Waals surface area contributed by atoms with Gasteiger partial charge in [-0.1, -0.05) is 5.16 Å². The third-order valence-electron chi connectivity index (χ3n) is 4.05. The van der Waals surface area contributed by atoms with Crippen molar-refractivity contribution < 1.29 is 18.7 Å². The lowest BCUT2D eigenvalue weighted by molar-refractivity contribution is 0.324. The molecule has 0 radical (unpaired) electrons. The normalized spacial score (nSPS) is 10.6. The Morgan fingerprint density at radius 2 is 1.56 bits per heavy atom. The van der Waals surface area contributed by atoms with E-state index in [1.165, 1.54) is 0 Å². The lowest BCUT2D eigenvalue weighted by Gasteiger charge is -2.15. The van der Waals surface area contributed by atoms with Crippen LogP contribution in [0.2, 0.25) is 0 Å². The first-order chi connectivity index (χ1) is 13.0. The van der Waals surface area contributed by atoms with Gasteiger partial charge in [-0.15, -0.1) is 0 Å². The summed E-state index contributed by atoms with van der Waals surface area (Å²) in [6.45, 7) is 5.61. The molecule has 142 valence electrons. The second kappa shape index (κ2) is 7.53. The van der Waals surface area contributed by atoms with Crippen LogP contribution >= 0.6 is 0 Å². The Morgan fingerprint density at radius 3 is 2.07 bits per heavy atom. The summed E-state index contributed by atoms with van der Waals surface area (Å²) in [7, 11) is 4.72. The standard InChI is InChI=1S/C19H22N4O4/c1-10-7-16(22-19(20-10)17-11(2)23-27-12(17)3)21-13-8-14(24-4)18(26-6)15(9-13)25-5/h7-9H,1-6H3,(H,20,21,22). The molecule has 0 aliphatic rings. The van der Waals surface area contributed by atoms with Gasteiger partial charge in [-0.3, -0.25) is 0 Å². The molecule has 0 aliphatic carbocycles. The number of hydrogen-bond donors (Lipinski definition) is 1. The molecule has 2 heterocycles. The molecule has 0 bridgehead atoms. The second-order valence-corrected chi connectivity index (χ2v) is 5.96. The maximum Gasteiger partial charge on any atom is 0.203 e. The van der Waals surface area contributed by atoms with Crippen molar-refractivity contribution in [2.24, 2.45) is 0 Å². The Kier molecular flexibility index (Phi) is 5.16. The van der Waals surface area contributed by atoms with Crippen molar-refractivity contribution in [2.75, 3.05) is 26.6 Å². The van der Waals surface area contributed by atoms with Crippen molar-refractivity contribution in [1.29, 1.82) is 0 Å². The molecule has 3 rings (SSSR count). The van der Waals surface area contributed by atoms with Gasteiger partial charge in [0.2, 0.25) is 5.75 Å². The molecule has 0 saturated carbocycles. The number of hydrogen-bond acceptors (Lipinski definition) is 8. The predicted octanol–water partition coefficient (Wildman–Crippen LogP) is 3.83. The number of aryl methyl sites for hydroxylation is 3. The van der Waals surface area contributed by atoms with E-state index < -0.39 is 0 Å². The van der Waals surface area contributed by atoms with Crippen LogP contribution in [-0.4, -0.2) is 36.5 Å². The minimum absolute atomic E-state index is 0.529. The highest BCUT2D eigenvalue weighted by Crippen LogP contribution is 2.40. The smallest absolute Gasteiger partial charge is 0.203 e. The van der Waals surface area contributed by atoms with Crippen LogP contribution in [0.25, 0.3) is 11.4 Å². The van der Waals surface area contributed by atoms with Crippen LogP contribution in [0.5, 0.6) is 17.2 Å². The van der Waals surface area contributed by atoms with Gasteiger partial charge < -0.3 is 24.1 Å². The van der Waals surface area contributed by atoms with Crippen LogP contribution in [0.4, 0.5) is 11.5 Å². The van der Waals surface area contributed by atoms with Gasteiger partial charge in [0, 0.05) is 29.6 Å². The van der Waals surface area contributed by atoms with Gasteiger partial charge in [-0.2, -0.15) is 0 Å². The quantitative estimate of drug-likeness (QED) is 0.700. The van der Waals surface area contributed by atoms with E-state index >= 15 is 0 Å². The van der Waals surface area contributed by atoms with Gasteiger partial charge in [-0.05, 0) is 20.8 Å². The number of nitrogens with zero attached hydrogens (tertiary/aromatic N) is 3. The van der Waals surface area contributed by atoms with E-state index in [-0.39, 0.29) is 0 Å². The summed E-state index contributed by atoms with van der Waals surface area (Å²) in [4.78, 5) is 9.13. The Labute approximate surface area is 157 Å². The van der Waals surface area contributed by atoms with Gasteiger partial charge in [0.1, 0.15) is 11.6 Å². The number of methoxy groups -OCH3 is 3. The zero-order chi connectivity index (χ0) is 19.6. The highest BCUT2D eigenvalue weighted by molar-refractivity contribution is 5.68. The molecule has 0 saturated heterocycles. The van der Waals surface area contributed by atoms with Crippen LogP contribution < -0.4 is 19.5 Å². The molecule has 8 heteroatoms. The van der Waals surface area contributed by atoms with Crippen molar-refractivity contribution in [3.63, 3.8) is 0 Å². The van der Waals surface area contributed by atoms with Gasteiger partial charge in [0.25, 0.3) is 0 Å². The molecule has 2 aromatic heterocycles. The topological polar surface area (TPSA) is 91.5 Å². The Bertz CT molecular complexity index is 924. The van der Waals surface area contributed by atoms with Crippen LogP contribution in [0.15, 0.2) is 22.7 Å². The Hall–Kier alpha value is -3.29. The molecule has 1 N–H and O–H groups in total. The van der Waals surface area contributed by atoms with Crippen LogP contribution in [-0.2, 0) is 0 Å². The third kappa shape index (κ3) is 3.64. The summed E-state index contributed by atoms with van der Waals surface area (Å²) in [6, 6.07) is 5.48. The van der Waals surface area contributed by atoms with Crippen molar-refractivity contribution in [2.45, 2.75) is 20.8 Å². The highest BCUT2D eigenvalue weighted by atomic mass is 16.5. The molecular formula is C19H22N4O4. The molecule has 1 aromatic carbocycles. The first kappa shape index (κ1) is 18.5. The zero-order valence-corrected chi connectivity index (χ0v) is 16.2. The van der Waals surface area contributed by atoms with Gasteiger partial charge in [0.15, 0.2) is 17.3 Å². The molecule has 27 heavy (non-hydrogen) atoms. The number of benzene rings is 1. The molecule has 3 aromatic rings. The van der Waals surface area contributed by atoms with Crippen LogP contribution in [0.3, 0.4) is 0 Å². The Balaban J connectivity index is 2.02. The fourth-order valence-corrected chi connectivity index (χ4v) is 2.85. The minimum Gasteiger partial charge on any atom is -0.493 e. The summed E-state index contributed by atoms with van der Waals surface area (Å²) in [5.74, 6) is 3.50. The summed E-state index contributed by atoms with van der Waals surface area (Å²) >= 11 is 0. The molecule has 0 fully saturated rings. The van der Waals surface area contributed by atoms with E-state index in [1.54, 1.807) is 21.3 Å². The average molecular weight is 370 g/mol. The van der Waals surface area contributed by atoms with E-state index in [2.05, 4.69) is 20.4 Å². The predicted molar refractivity (Wildman–Crippen MR) is 101 cm³/mol. The fourth-order valence-electron chi connectivity index (χ4n) is 2.85. The number of ether oxygens (including phenoxy) is 3. The highest BCUT2D eigenvalue weighted by Gasteiger charge is 2.17. The summed E-state index contributed by atoms with van der Waals surface area (Å²) < 4.78 is 21.4. The first-order valence-electron chi connectivity index (χ1n) is 8.32. The fraction of sp³-hybridized carbons (Fsp3) is 0.316. The molecule has 8 nitrogen and oxygen atoms in total. The number of aromatic nitrogens is 3. The van der Waals surface area contributed by atoms with Crippen LogP contribution in [0, 0.1) is 20.8 Å². The summed E-state index contributed by atoms with van der Waals surface area (Å²) in [6.07, 6.45) is 0. The molecule has 0 aliphatic heterocycles. The first-order valence-corrected chi connectivity index (χ1v) is 8.32. The maximum absolute atomic E-state index is 5.40. The SMILES string of the molecule is COc1cc(Nc2cc(C)nc(-c3c(C)noc3C)n2)cc(OC)c1OC.